The molecule has 0 bridgehead atoms. The summed E-state index contributed by atoms with van der Waals surface area (Å²) in [5.74, 6) is 0.665. The van der Waals surface area contributed by atoms with Crippen LogP contribution in [0.2, 0.25) is 5.02 Å². The van der Waals surface area contributed by atoms with Crippen LogP contribution in [0.4, 0.5) is 5.88 Å². The lowest BCUT2D eigenvalue weighted by Crippen LogP contribution is -2.12. The minimum absolute atomic E-state index is 0.257. The molecule has 0 atom stereocenters. The Kier molecular flexibility index (Phi) is 5.53. The summed E-state index contributed by atoms with van der Waals surface area (Å²) in [6.45, 7) is 2.47. The topological polar surface area (TPSA) is 77.2 Å². The number of carbonyl (C=O) groups excluding carboxylic acids is 1. The molecule has 5 rings (SSSR count). The second kappa shape index (κ2) is 8.63. The lowest BCUT2D eigenvalue weighted by atomic mass is 9.94. The van der Waals surface area contributed by atoms with E-state index < -0.39 is 0 Å². The monoisotopic (exact) mass is 447 g/mol. The number of aryl methyl sites for hydroxylation is 1. The number of para-hydroxylation sites is 1. The average Bonchev–Trinajstić information content (AvgIpc) is 3.28. The smallest absolute Gasteiger partial charge is 0.258 e. The number of halogens is 1. The number of fused-ring (bicyclic) bond motifs is 2. The number of nitrogens with one attached hydrogen (secondary N) is 1. The lowest BCUT2D eigenvalue weighted by molar-refractivity contribution is 0.102. The van der Waals surface area contributed by atoms with Crippen molar-refractivity contribution >= 4 is 34.3 Å². The Morgan fingerprint density at radius 2 is 2.00 bits per heavy atom. The molecule has 0 saturated carbocycles. The molecule has 0 aliphatic heterocycles. The largest absolute Gasteiger partial charge is 0.493 e. The number of benzene rings is 2. The fourth-order valence-electron chi connectivity index (χ4n) is 4.11. The van der Waals surface area contributed by atoms with Gasteiger partial charge in [0, 0.05) is 28.3 Å². The minimum atomic E-state index is -0.302. The number of nitrogens with zero attached hydrogens (tertiary/aromatic N) is 2. The average molecular weight is 448 g/mol. The van der Waals surface area contributed by atoms with Crippen molar-refractivity contribution in [3.8, 4) is 17.0 Å². The first kappa shape index (κ1) is 20.5. The van der Waals surface area contributed by atoms with E-state index in [1.807, 2.05) is 37.3 Å². The summed E-state index contributed by atoms with van der Waals surface area (Å²) in [6.07, 6.45) is 4.13. The Labute approximate surface area is 190 Å². The third-order valence-corrected chi connectivity index (χ3v) is 6.10. The van der Waals surface area contributed by atoms with Crippen LogP contribution < -0.4 is 10.1 Å². The number of rotatable bonds is 5. The Morgan fingerprint density at radius 3 is 2.88 bits per heavy atom. The maximum absolute atomic E-state index is 12.9. The molecule has 2 aromatic carbocycles. The normalized spacial score (nSPS) is 13.1. The van der Waals surface area contributed by atoms with Gasteiger partial charge in [-0.15, -0.1) is 0 Å². The van der Waals surface area contributed by atoms with Crippen molar-refractivity contribution in [1.29, 1.82) is 0 Å². The summed E-state index contributed by atoms with van der Waals surface area (Å²) < 4.78 is 11.0. The van der Waals surface area contributed by atoms with Crippen molar-refractivity contribution in [3.63, 3.8) is 0 Å². The lowest BCUT2D eigenvalue weighted by Gasteiger charge is -2.17. The molecule has 0 spiro atoms. The Bertz CT molecular complexity index is 1320. The number of hydrogen-bond donors (Lipinski definition) is 1. The van der Waals surface area contributed by atoms with E-state index in [9.17, 15) is 4.79 Å². The van der Waals surface area contributed by atoms with Gasteiger partial charge in [-0.1, -0.05) is 35.0 Å². The number of anilines is 1. The molecule has 162 valence electrons. The molecular weight excluding hydrogens is 426 g/mol. The number of ether oxygens (including phenoxy) is 1. The van der Waals surface area contributed by atoms with Gasteiger partial charge in [0.15, 0.2) is 0 Å². The SMILES string of the molecule is CCOc1ccccc1-c1cc(NC(=O)c2ccc3c(Cl)c4c(nc3c2)CCCC4)on1. The molecule has 0 unspecified atom stereocenters. The number of pyridine rings is 1. The van der Waals surface area contributed by atoms with Gasteiger partial charge in [0.05, 0.1) is 17.1 Å². The van der Waals surface area contributed by atoms with Gasteiger partial charge in [0.1, 0.15) is 11.4 Å². The summed E-state index contributed by atoms with van der Waals surface area (Å²) in [6, 6.07) is 14.6. The summed E-state index contributed by atoms with van der Waals surface area (Å²) in [4.78, 5) is 17.6. The quantitative estimate of drug-likeness (QED) is 0.401. The van der Waals surface area contributed by atoms with Gasteiger partial charge in [0.25, 0.3) is 5.91 Å². The van der Waals surface area contributed by atoms with E-state index in [-0.39, 0.29) is 11.8 Å². The number of aromatic nitrogens is 2. The van der Waals surface area contributed by atoms with E-state index in [2.05, 4.69) is 10.5 Å². The summed E-state index contributed by atoms with van der Waals surface area (Å²) in [7, 11) is 0. The van der Waals surface area contributed by atoms with Crippen LogP contribution in [0.15, 0.2) is 53.1 Å². The zero-order valence-corrected chi connectivity index (χ0v) is 18.4. The van der Waals surface area contributed by atoms with Crippen LogP contribution in [0.5, 0.6) is 5.75 Å². The second-order valence-corrected chi connectivity index (χ2v) is 8.13. The molecule has 0 saturated heterocycles. The first-order valence-corrected chi connectivity index (χ1v) is 11.1. The van der Waals surface area contributed by atoms with Crippen molar-refractivity contribution in [2.75, 3.05) is 11.9 Å². The highest BCUT2D eigenvalue weighted by atomic mass is 35.5. The van der Waals surface area contributed by atoms with Crippen molar-refractivity contribution in [2.24, 2.45) is 0 Å². The van der Waals surface area contributed by atoms with Crippen LogP contribution in [0.3, 0.4) is 0 Å². The third-order valence-electron chi connectivity index (χ3n) is 5.67. The molecular formula is C25H22ClN3O3. The molecule has 6 nitrogen and oxygen atoms in total. The molecule has 0 radical (unpaired) electrons. The molecule has 0 fully saturated rings. The van der Waals surface area contributed by atoms with E-state index in [1.165, 1.54) is 0 Å². The first-order chi connectivity index (χ1) is 15.6. The van der Waals surface area contributed by atoms with Gasteiger partial charge in [-0.2, -0.15) is 0 Å². The highest BCUT2D eigenvalue weighted by Crippen LogP contribution is 2.34. The summed E-state index contributed by atoms with van der Waals surface area (Å²) >= 11 is 6.64. The van der Waals surface area contributed by atoms with E-state index in [0.29, 0.717) is 23.6 Å². The maximum atomic E-state index is 12.9. The Hall–Kier alpha value is -3.38. The van der Waals surface area contributed by atoms with Gasteiger partial charge in [-0.25, -0.2) is 0 Å². The standard InChI is InChI=1S/C25H22ClN3O3/c1-2-31-22-10-6-4-7-16(22)21-14-23(32-29-21)28-25(30)15-11-12-18-20(13-15)27-19-9-5-3-8-17(19)24(18)26/h4,6-7,10-14H,2-3,5,8-9H2,1H3,(H,28,30). The zero-order chi connectivity index (χ0) is 22.1. The van der Waals surface area contributed by atoms with Crippen LogP contribution in [-0.4, -0.2) is 22.7 Å². The van der Waals surface area contributed by atoms with Crippen LogP contribution in [0, 0.1) is 0 Å². The van der Waals surface area contributed by atoms with Crippen LogP contribution in [-0.2, 0) is 12.8 Å². The van der Waals surface area contributed by atoms with Crippen molar-refractivity contribution < 1.29 is 14.1 Å². The van der Waals surface area contributed by atoms with Crippen LogP contribution in [0.1, 0.15) is 41.4 Å². The molecule has 2 heterocycles. The van der Waals surface area contributed by atoms with Gasteiger partial charge in [0.2, 0.25) is 5.88 Å². The summed E-state index contributed by atoms with van der Waals surface area (Å²) in [5, 5.41) is 8.49. The molecule has 1 amide bonds. The predicted molar refractivity (Wildman–Crippen MR) is 124 cm³/mol. The fraction of sp³-hybridized carbons (Fsp3) is 0.240. The van der Waals surface area contributed by atoms with E-state index >= 15 is 0 Å². The van der Waals surface area contributed by atoms with Gasteiger partial charge < -0.3 is 9.26 Å². The Morgan fingerprint density at radius 1 is 1.16 bits per heavy atom. The molecule has 32 heavy (non-hydrogen) atoms. The Balaban J connectivity index is 1.40. The van der Waals surface area contributed by atoms with Crippen LogP contribution in [0.25, 0.3) is 22.2 Å². The highest BCUT2D eigenvalue weighted by Gasteiger charge is 2.19. The third kappa shape index (κ3) is 3.82. The molecule has 4 aromatic rings. The van der Waals surface area contributed by atoms with Crippen molar-refractivity contribution in [2.45, 2.75) is 32.6 Å². The van der Waals surface area contributed by atoms with E-state index in [1.54, 1.807) is 18.2 Å². The molecule has 1 aliphatic carbocycles. The molecule has 2 aromatic heterocycles. The zero-order valence-electron chi connectivity index (χ0n) is 17.7. The van der Waals surface area contributed by atoms with Crippen LogP contribution >= 0.6 is 11.6 Å². The number of amides is 1. The van der Waals surface area contributed by atoms with Gasteiger partial charge >= 0.3 is 0 Å². The minimum Gasteiger partial charge on any atom is -0.493 e. The summed E-state index contributed by atoms with van der Waals surface area (Å²) in [5.41, 5.74) is 4.77. The number of hydrogen-bond acceptors (Lipinski definition) is 5. The first-order valence-electron chi connectivity index (χ1n) is 10.8. The second-order valence-electron chi connectivity index (χ2n) is 7.75. The number of carbonyl (C=O) groups is 1. The van der Waals surface area contributed by atoms with Gasteiger partial charge in [-0.3, -0.25) is 15.1 Å². The van der Waals surface area contributed by atoms with Gasteiger partial charge in [-0.05, 0) is 62.4 Å². The molecule has 1 aliphatic rings. The van der Waals surface area contributed by atoms with Crippen molar-refractivity contribution in [1.82, 2.24) is 10.1 Å². The predicted octanol–water partition coefficient (Wildman–Crippen LogP) is 6.07. The molecule has 7 heteroatoms. The fourth-order valence-corrected chi connectivity index (χ4v) is 4.48. The molecule has 1 N–H and O–H groups in total. The van der Waals surface area contributed by atoms with E-state index in [4.69, 9.17) is 25.8 Å². The van der Waals surface area contributed by atoms with E-state index in [0.717, 1.165) is 58.4 Å². The van der Waals surface area contributed by atoms with Crippen molar-refractivity contribution in [3.05, 3.63) is 70.4 Å². The maximum Gasteiger partial charge on any atom is 0.258 e. The highest BCUT2D eigenvalue weighted by molar-refractivity contribution is 6.36.